The van der Waals surface area contributed by atoms with E-state index in [9.17, 15) is 0 Å². The van der Waals surface area contributed by atoms with Gasteiger partial charge in [-0.2, -0.15) is 0 Å². The minimum absolute atomic E-state index is 0.123. The van der Waals surface area contributed by atoms with Gasteiger partial charge in [0.05, 0.1) is 12.3 Å². The van der Waals surface area contributed by atoms with Crippen molar-refractivity contribution < 1.29 is 4.42 Å². The van der Waals surface area contributed by atoms with Crippen LogP contribution in [-0.4, -0.2) is 0 Å². The van der Waals surface area contributed by atoms with Gasteiger partial charge in [-0.3, -0.25) is 0 Å². The van der Waals surface area contributed by atoms with E-state index in [0.717, 1.165) is 10.6 Å². The first-order chi connectivity index (χ1) is 6.29. The third kappa shape index (κ3) is 1.79. The molecule has 0 aliphatic heterocycles. The lowest BCUT2D eigenvalue weighted by atomic mass is 10.2. The minimum Gasteiger partial charge on any atom is -0.467 e. The van der Waals surface area contributed by atoms with Crippen LogP contribution in [0.1, 0.15) is 16.7 Å². The fourth-order valence-electron chi connectivity index (χ4n) is 1.12. The summed E-state index contributed by atoms with van der Waals surface area (Å²) < 4.78 is 6.45. The van der Waals surface area contributed by atoms with Gasteiger partial charge in [0, 0.05) is 8.45 Å². The molecule has 0 aromatic carbocycles. The number of hydrogen-bond acceptors (Lipinski definition) is 3. The maximum absolute atomic E-state index is 6.02. The van der Waals surface area contributed by atoms with Crippen LogP contribution in [-0.2, 0) is 0 Å². The van der Waals surface area contributed by atoms with Gasteiger partial charge >= 0.3 is 0 Å². The minimum atomic E-state index is -0.123. The van der Waals surface area contributed by atoms with Crippen LogP contribution in [0.4, 0.5) is 0 Å². The Balaban J connectivity index is 2.33. The van der Waals surface area contributed by atoms with Crippen molar-refractivity contribution >= 4 is 33.9 Å². The lowest BCUT2D eigenvalue weighted by molar-refractivity contribution is 0.491. The molecule has 0 amide bonds. The van der Waals surface area contributed by atoms with Crippen LogP contribution in [0, 0.1) is 3.57 Å². The molecule has 2 nitrogen and oxygen atoms in total. The van der Waals surface area contributed by atoms with Gasteiger partial charge < -0.3 is 10.2 Å². The Morgan fingerprint density at radius 2 is 2.31 bits per heavy atom. The summed E-state index contributed by atoms with van der Waals surface area (Å²) in [6.45, 7) is 0. The Kier molecular flexibility index (Phi) is 2.71. The molecule has 4 heteroatoms. The van der Waals surface area contributed by atoms with Crippen molar-refractivity contribution in [3.63, 3.8) is 0 Å². The first kappa shape index (κ1) is 9.23. The topological polar surface area (TPSA) is 39.2 Å². The zero-order valence-electron chi connectivity index (χ0n) is 6.74. The summed E-state index contributed by atoms with van der Waals surface area (Å²) >= 11 is 3.95. The second-order valence-corrected chi connectivity index (χ2v) is 4.74. The average molecular weight is 305 g/mol. The summed E-state index contributed by atoms with van der Waals surface area (Å²) in [6.07, 6.45) is 1.65. The van der Waals surface area contributed by atoms with Crippen LogP contribution >= 0.6 is 33.9 Å². The fourth-order valence-corrected chi connectivity index (χ4v) is 3.06. The largest absolute Gasteiger partial charge is 0.467 e. The van der Waals surface area contributed by atoms with E-state index in [-0.39, 0.29) is 6.04 Å². The predicted molar refractivity (Wildman–Crippen MR) is 61.8 cm³/mol. The van der Waals surface area contributed by atoms with Crippen LogP contribution in [0.25, 0.3) is 0 Å². The van der Waals surface area contributed by atoms with Crippen molar-refractivity contribution in [2.45, 2.75) is 6.04 Å². The van der Waals surface area contributed by atoms with E-state index in [4.69, 9.17) is 10.2 Å². The number of furan rings is 1. The zero-order valence-corrected chi connectivity index (χ0v) is 9.71. The third-order valence-electron chi connectivity index (χ3n) is 1.78. The molecule has 0 saturated heterocycles. The Labute approximate surface area is 93.9 Å². The van der Waals surface area contributed by atoms with E-state index in [1.54, 1.807) is 17.6 Å². The molecule has 2 heterocycles. The van der Waals surface area contributed by atoms with E-state index in [2.05, 4.69) is 28.7 Å². The standard InChI is InChI=1S/C9H8INOS/c10-6-3-5-13-9(6)8(11)7-2-1-4-12-7/h1-5,8H,11H2. The highest BCUT2D eigenvalue weighted by Crippen LogP contribution is 2.28. The van der Waals surface area contributed by atoms with Gasteiger partial charge in [0.1, 0.15) is 5.76 Å². The highest BCUT2D eigenvalue weighted by atomic mass is 127. The highest BCUT2D eigenvalue weighted by molar-refractivity contribution is 14.1. The molecule has 0 spiro atoms. The molecule has 13 heavy (non-hydrogen) atoms. The zero-order chi connectivity index (χ0) is 9.26. The molecule has 2 aromatic rings. The first-order valence-corrected chi connectivity index (χ1v) is 5.77. The van der Waals surface area contributed by atoms with Crippen LogP contribution < -0.4 is 5.73 Å². The van der Waals surface area contributed by atoms with Crippen molar-refractivity contribution in [1.82, 2.24) is 0 Å². The summed E-state index contributed by atoms with van der Waals surface area (Å²) in [4.78, 5) is 1.16. The van der Waals surface area contributed by atoms with Gasteiger partial charge in [0.15, 0.2) is 0 Å². The summed E-state index contributed by atoms with van der Waals surface area (Å²) in [5.74, 6) is 0.820. The number of rotatable bonds is 2. The van der Waals surface area contributed by atoms with Crippen LogP contribution in [0.3, 0.4) is 0 Å². The van der Waals surface area contributed by atoms with E-state index >= 15 is 0 Å². The summed E-state index contributed by atoms with van der Waals surface area (Å²) in [5.41, 5.74) is 6.02. The van der Waals surface area contributed by atoms with Gasteiger partial charge in [-0.05, 0) is 46.2 Å². The fraction of sp³-hybridized carbons (Fsp3) is 0.111. The summed E-state index contributed by atoms with van der Waals surface area (Å²) in [7, 11) is 0. The maximum atomic E-state index is 6.02. The number of hydrogen-bond donors (Lipinski definition) is 1. The van der Waals surface area contributed by atoms with E-state index < -0.39 is 0 Å². The monoisotopic (exact) mass is 305 g/mol. The van der Waals surface area contributed by atoms with Gasteiger partial charge in [-0.25, -0.2) is 0 Å². The third-order valence-corrected chi connectivity index (χ3v) is 4.08. The van der Waals surface area contributed by atoms with Crippen molar-refractivity contribution in [3.8, 4) is 0 Å². The first-order valence-electron chi connectivity index (χ1n) is 3.81. The van der Waals surface area contributed by atoms with Crippen molar-refractivity contribution in [1.29, 1.82) is 0 Å². The maximum Gasteiger partial charge on any atom is 0.125 e. The molecule has 0 aliphatic carbocycles. The van der Waals surface area contributed by atoms with Crippen LogP contribution in [0.5, 0.6) is 0 Å². The van der Waals surface area contributed by atoms with Gasteiger partial charge in [0.2, 0.25) is 0 Å². The summed E-state index contributed by atoms with van der Waals surface area (Å²) in [6, 6.07) is 5.70. The highest BCUT2D eigenvalue weighted by Gasteiger charge is 2.15. The molecular weight excluding hydrogens is 297 g/mol. The smallest absolute Gasteiger partial charge is 0.125 e. The van der Waals surface area contributed by atoms with Crippen molar-refractivity contribution in [2.24, 2.45) is 5.73 Å². The Bertz CT molecular complexity index is 382. The Morgan fingerprint density at radius 1 is 1.46 bits per heavy atom. The SMILES string of the molecule is NC(c1ccco1)c1sccc1I. The molecule has 0 radical (unpaired) electrons. The average Bonchev–Trinajstić information content (AvgIpc) is 2.72. The molecule has 2 N–H and O–H groups in total. The normalized spacial score (nSPS) is 13.1. The van der Waals surface area contributed by atoms with Crippen LogP contribution in [0.2, 0.25) is 0 Å². The lowest BCUT2D eigenvalue weighted by Gasteiger charge is -2.06. The Hall–Kier alpha value is -0.330. The van der Waals surface area contributed by atoms with E-state index in [0.29, 0.717) is 0 Å². The van der Waals surface area contributed by atoms with Gasteiger partial charge in [-0.15, -0.1) is 11.3 Å². The van der Waals surface area contributed by atoms with Gasteiger partial charge in [-0.1, -0.05) is 0 Å². The molecule has 0 aliphatic rings. The molecule has 2 rings (SSSR count). The predicted octanol–water partition coefficient (Wildman–Crippen LogP) is 2.99. The lowest BCUT2D eigenvalue weighted by Crippen LogP contribution is -2.10. The van der Waals surface area contributed by atoms with Crippen molar-refractivity contribution in [3.05, 3.63) is 44.0 Å². The number of nitrogens with two attached hydrogens (primary N) is 1. The molecule has 2 aromatic heterocycles. The molecule has 0 fully saturated rings. The molecule has 68 valence electrons. The molecule has 1 unspecified atom stereocenters. The van der Waals surface area contributed by atoms with Crippen LogP contribution in [0.15, 0.2) is 34.3 Å². The number of thiophene rings is 1. The van der Waals surface area contributed by atoms with Gasteiger partial charge in [0.25, 0.3) is 0 Å². The van der Waals surface area contributed by atoms with E-state index in [1.165, 1.54) is 3.57 Å². The summed E-state index contributed by atoms with van der Waals surface area (Å²) in [5, 5.41) is 2.04. The second kappa shape index (κ2) is 3.81. The molecule has 0 bridgehead atoms. The van der Waals surface area contributed by atoms with E-state index in [1.807, 2.05) is 17.5 Å². The quantitative estimate of drug-likeness (QED) is 0.866. The Morgan fingerprint density at radius 3 is 2.85 bits per heavy atom. The molecular formula is C9H8INOS. The van der Waals surface area contributed by atoms with Crippen molar-refractivity contribution in [2.75, 3.05) is 0 Å². The molecule has 0 saturated carbocycles. The second-order valence-electron chi connectivity index (χ2n) is 2.63. The number of halogens is 1. The molecule has 1 atom stereocenters.